The van der Waals surface area contributed by atoms with Crippen LogP contribution >= 0.6 is 0 Å². The second-order valence-electron chi connectivity index (χ2n) is 9.94. The number of phenols is 1. The van der Waals surface area contributed by atoms with Crippen LogP contribution in [-0.4, -0.2) is 17.2 Å². The van der Waals surface area contributed by atoms with E-state index in [0.717, 1.165) is 55.9 Å². The number of anilines is 2. The van der Waals surface area contributed by atoms with E-state index in [-0.39, 0.29) is 11.6 Å². The fourth-order valence-electron chi connectivity index (χ4n) is 4.90. The summed E-state index contributed by atoms with van der Waals surface area (Å²) in [7, 11) is 0. The van der Waals surface area contributed by atoms with Crippen molar-refractivity contribution in [1.29, 1.82) is 5.41 Å². The van der Waals surface area contributed by atoms with Crippen molar-refractivity contribution in [2.75, 3.05) is 5.32 Å². The van der Waals surface area contributed by atoms with Crippen molar-refractivity contribution >= 4 is 23.4 Å². The van der Waals surface area contributed by atoms with Crippen LogP contribution in [0, 0.1) is 5.41 Å². The maximum atomic E-state index is 10.5. The summed E-state index contributed by atoms with van der Waals surface area (Å²) in [6.45, 7) is 0. The predicted molar refractivity (Wildman–Crippen MR) is 175 cm³/mol. The molecule has 0 radical (unpaired) electrons. The highest BCUT2D eigenvalue weighted by Gasteiger charge is 2.12. The number of benzene rings is 6. The highest BCUT2D eigenvalue weighted by Crippen LogP contribution is 2.38. The van der Waals surface area contributed by atoms with Crippen LogP contribution < -0.4 is 5.32 Å². The van der Waals surface area contributed by atoms with Crippen molar-refractivity contribution in [1.82, 2.24) is 0 Å². The number of phenolic OH excluding ortho intramolecular Hbond substituents is 1. The zero-order valence-electron chi connectivity index (χ0n) is 22.9. The lowest BCUT2D eigenvalue weighted by molar-refractivity contribution is 0.477. The van der Waals surface area contributed by atoms with E-state index in [4.69, 9.17) is 5.41 Å². The van der Waals surface area contributed by atoms with E-state index in [9.17, 15) is 5.11 Å². The van der Waals surface area contributed by atoms with Crippen LogP contribution in [0.3, 0.4) is 0 Å². The Morgan fingerprint density at radius 3 is 1.98 bits per heavy atom. The number of aromatic hydroxyl groups is 1. The molecule has 0 bridgehead atoms. The summed E-state index contributed by atoms with van der Waals surface area (Å²) < 4.78 is 0. The second kappa shape index (κ2) is 12.2. The fourth-order valence-corrected chi connectivity index (χ4v) is 4.90. The first-order chi connectivity index (χ1) is 20.6. The lowest BCUT2D eigenvalue weighted by atomic mass is 9.95. The minimum Gasteiger partial charge on any atom is -0.507 e. The number of amidine groups is 1. The van der Waals surface area contributed by atoms with Gasteiger partial charge in [0.15, 0.2) is 5.84 Å². The molecular formula is C38H29N3O. The monoisotopic (exact) mass is 543 g/mol. The largest absolute Gasteiger partial charge is 0.507 e. The van der Waals surface area contributed by atoms with Gasteiger partial charge in [0.2, 0.25) is 0 Å². The summed E-state index contributed by atoms with van der Waals surface area (Å²) in [6.07, 6.45) is 1.71. The van der Waals surface area contributed by atoms with Crippen molar-refractivity contribution < 1.29 is 5.11 Å². The normalized spacial score (nSPS) is 11.0. The molecule has 0 heterocycles. The summed E-state index contributed by atoms with van der Waals surface area (Å²) in [4.78, 5) is 4.33. The van der Waals surface area contributed by atoms with Gasteiger partial charge in [-0.05, 0) is 58.1 Å². The molecule has 0 unspecified atom stereocenters. The smallest absolute Gasteiger partial charge is 0.151 e. The van der Waals surface area contributed by atoms with Crippen LogP contribution in [0.15, 0.2) is 157 Å². The lowest BCUT2D eigenvalue weighted by Crippen LogP contribution is -1.97. The Labute approximate surface area is 245 Å². The van der Waals surface area contributed by atoms with Gasteiger partial charge in [0.25, 0.3) is 0 Å². The maximum absolute atomic E-state index is 10.5. The molecule has 4 nitrogen and oxygen atoms in total. The maximum Gasteiger partial charge on any atom is 0.151 e. The van der Waals surface area contributed by atoms with Gasteiger partial charge in [0.1, 0.15) is 5.75 Å². The van der Waals surface area contributed by atoms with E-state index in [0.29, 0.717) is 0 Å². The molecule has 202 valence electrons. The predicted octanol–water partition coefficient (Wildman–Crippen LogP) is 9.58. The van der Waals surface area contributed by atoms with Crippen LogP contribution in [-0.2, 0) is 0 Å². The summed E-state index contributed by atoms with van der Waals surface area (Å²) in [5.74, 6) is 0.466. The van der Waals surface area contributed by atoms with Gasteiger partial charge in [-0.25, -0.2) is 4.99 Å². The number of hydrogen-bond acceptors (Lipinski definition) is 3. The van der Waals surface area contributed by atoms with Gasteiger partial charge in [-0.1, -0.05) is 121 Å². The average molecular weight is 544 g/mol. The van der Waals surface area contributed by atoms with Crippen molar-refractivity contribution in [3.8, 4) is 39.1 Å². The fraction of sp³-hybridized carbons (Fsp3) is 0. The van der Waals surface area contributed by atoms with E-state index in [1.54, 1.807) is 12.3 Å². The van der Waals surface area contributed by atoms with E-state index in [2.05, 4.69) is 71.0 Å². The molecule has 0 fully saturated rings. The molecule has 0 aliphatic rings. The van der Waals surface area contributed by atoms with Crippen LogP contribution in [0.2, 0.25) is 0 Å². The van der Waals surface area contributed by atoms with Crippen molar-refractivity contribution in [2.45, 2.75) is 0 Å². The molecule has 0 aliphatic heterocycles. The van der Waals surface area contributed by atoms with Crippen molar-refractivity contribution in [2.24, 2.45) is 4.99 Å². The van der Waals surface area contributed by atoms with E-state index >= 15 is 0 Å². The van der Waals surface area contributed by atoms with Gasteiger partial charge in [0, 0.05) is 34.3 Å². The quantitative estimate of drug-likeness (QED) is 0.139. The van der Waals surface area contributed by atoms with Crippen LogP contribution in [0.1, 0.15) is 11.1 Å². The van der Waals surface area contributed by atoms with E-state index in [1.807, 2.05) is 84.9 Å². The summed E-state index contributed by atoms with van der Waals surface area (Å²) in [5, 5.41) is 22.4. The topological polar surface area (TPSA) is 68.5 Å². The lowest BCUT2D eigenvalue weighted by Gasteiger charge is -2.16. The van der Waals surface area contributed by atoms with Crippen molar-refractivity contribution in [3.63, 3.8) is 0 Å². The Morgan fingerprint density at radius 1 is 0.571 bits per heavy atom. The standard InChI is InChI=1S/C38H29N3O/c39-38(29-12-5-2-6-13-29)40-26-27-18-21-33(22-19-27)41-36-25-32(35-16-7-8-17-37(35)42)20-23-34(36)31-15-9-14-30(24-31)28-10-3-1-4-11-28/h1-26,39,41-42H/b39-38?,40-26+. The molecule has 0 saturated carbocycles. The minimum absolute atomic E-state index is 0.223. The zero-order chi connectivity index (χ0) is 28.7. The Balaban J connectivity index is 1.32. The molecule has 0 aromatic heterocycles. The third-order valence-corrected chi connectivity index (χ3v) is 7.09. The van der Waals surface area contributed by atoms with E-state index < -0.39 is 0 Å². The molecule has 0 aliphatic carbocycles. The molecule has 0 atom stereocenters. The third kappa shape index (κ3) is 6.03. The first-order valence-corrected chi connectivity index (χ1v) is 13.8. The second-order valence-corrected chi connectivity index (χ2v) is 9.94. The highest BCUT2D eigenvalue weighted by molar-refractivity contribution is 6.03. The Morgan fingerprint density at radius 2 is 1.21 bits per heavy atom. The van der Waals surface area contributed by atoms with Gasteiger partial charge in [-0.3, -0.25) is 5.41 Å². The molecule has 6 rings (SSSR count). The summed E-state index contributed by atoms with van der Waals surface area (Å²) in [6, 6.07) is 50.0. The summed E-state index contributed by atoms with van der Waals surface area (Å²) in [5.41, 5.74) is 9.67. The number of nitrogens with one attached hydrogen (secondary N) is 2. The molecule has 6 aromatic carbocycles. The summed E-state index contributed by atoms with van der Waals surface area (Å²) >= 11 is 0. The first kappa shape index (κ1) is 26.5. The number of nitrogens with zero attached hydrogens (tertiary/aromatic N) is 1. The van der Waals surface area contributed by atoms with Crippen LogP contribution in [0.25, 0.3) is 33.4 Å². The van der Waals surface area contributed by atoms with Gasteiger partial charge < -0.3 is 10.4 Å². The molecule has 0 amide bonds. The SMILES string of the molecule is N=C(/N=C/c1ccc(Nc2cc(-c3ccccc3O)ccc2-c2cccc(-c3ccccc3)c2)cc1)c1ccccc1. The number of hydrogen-bond donors (Lipinski definition) is 3. The third-order valence-electron chi connectivity index (χ3n) is 7.09. The molecule has 0 saturated heterocycles. The van der Waals surface area contributed by atoms with Crippen molar-refractivity contribution in [3.05, 3.63) is 163 Å². The van der Waals surface area contributed by atoms with Crippen LogP contribution in [0.5, 0.6) is 5.75 Å². The molecule has 4 heteroatoms. The molecule has 42 heavy (non-hydrogen) atoms. The first-order valence-electron chi connectivity index (χ1n) is 13.8. The average Bonchev–Trinajstić information content (AvgIpc) is 3.05. The molecular weight excluding hydrogens is 514 g/mol. The molecule has 3 N–H and O–H groups in total. The number of rotatable bonds is 7. The number of aliphatic imine (C=N–C) groups is 1. The number of para-hydroxylation sites is 1. The molecule has 6 aromatic rings. The van der Waals surface area contributed by atoms with E-state index in [1.165, 1.54) is 0 Å². The highest BCUT2D eigenvalue weighted by atomic mass is 16.3. The van der Waals surface area contributed by atoms with Gasteiger partial charge in [-0.15, -0.1) is 0 Å². The zero-order valence-corrected chi connectivity index (χ0v) is 22.9. The van der Waals surface area contributed by atoms with Gasteiger partial charge >= 0.3 is 0 Å². The molecule has 0 spiro atoms. The van der Waals surface area contributed by atoms with Gasteiger partial charge in [0.05, 0.1) is 0 Å². The van der Waals surface area contributed by atoms with Gasteiger partial charge in [-0.2, -0.15) is 0 Å². The Kier molecular flexibility index (Phi) is 7.69. The Bertz CT molecular complexity index is 1860. The minimum atomic E-state index is 0.223. The van der Waals surface area contributed by atoms with Crippen LogP contribution in [0.4, 0.5) is 11.4 Å². The Hall–Kier alpha value is -5.74.